The highest BCUT2D eigenvalue weighted by molar-refractivity contribution is 9.10. The van der Waals surface area contributed by atoms with Crippen molar-refractivity contribution in [1.82, 2.24) is 10.4 Å². The fourth-order valence-corrected chi connectivity index (χ4v) is 3.42. The van der Waals surface area contributed by atoms with Crippen molar-refractivity contribution in [1.29, 1.82) is 0 Å². The maximum absolute atomic E-state index is 12.3. The Morgan fingerprint density at radius 2 is 1.84 bits per heavy atom. The van der Waals surface area contributed by atoms with E-state index < -0.39 is 36.2 Å². The number of nitrogens with zero attached hydrogens (tertiary/aromatic N) is 1. The van der Waals surface area contributed by atoms with E-state index in [2.05, 4.69) is 26.7 Å². The van der Waals surface area contributed by atoms with E-state index in [9.17, 15) is 19.2 Å². The molecular weight excluding hydrogens is 513 g/mol. The summed E-state index contributed by atoms with van der Waals surface area (Å²) in [6.07, 6.45) is -0.138. The maximum atomic E-state index is 12.3. The molecule has 0 unspecified atom stereocenters. The van der Waals surface area contributed by atoms with Crippen LogP contribution < -0.4 is 10.7 Å². The lowest BCUT2D eigenvalue weighted by Gasteiger charge is -2.17. The molecule has 11 heteroatoms. The van der Waals surface area contributed by atoms with E-state index in [4.69, 9.17) is 27.9 Å². The van der Waals surface area contributed by atoms with Gasteiger partial charge in [0, 0.05) is 16.5 Å². The second-order valence-corrected chi connectivity index (χ2v) is 8.31. The van der Waals surface area contributed by atoms with Gasteiger partial charge in [-0.1, -0.05) is 45.2 Å². The minimum absolute atomic E-state index is 0.0539. The van der Waals surface area contributed by atoms with Crippen molar-refractivity contribution in [2.45, 2.75) is 6.42 Å². The Hall–Kier alpha value is -2.62. The lowest BCUT2D eigenvalue weighted by Crippen LogP contribution is -2.43. The first-order chi connectivity index (χ1) is 14.7. The van der Waals surface area contributed by atoms with Crippen LogP contribution in [0.15, 0.2) is 46.9 Å². The van der Waals surface area contributed by atoms with E-state index in [1.165, 1.54) is 0 Å². The molecular formula is C20H16BrCl2N3O5. The quantitative estimate of drug-likeness (QED) is 0.559. The molecule has 0 bridgehead atoms. The van der Waals surface area contributed by atoms with E-state index >= 15 is 0 Å². The van der Waals surface area contributed by atoms with Gasteiger partial charge in [-0.15, -0.1) is 0 Å². The number of benzene rings is 2. The number of hydrogen-bond acceptors (Lipinski definition) is 5. The van der Waals surface area contributed by atoms with Gasteiger partial charge < -0.3 is 10.1 Å². The fourth-order valence-electron chi connectivity index (χ4n) is 2.80. The van der Waals surface area contributed by atoms with Crippen LogP contribution in [0.4, 0.5) is 5.69 Å². The summed E-state index contributed by atoms with van der Waals surface area (Å²) >= 11 is 15.2. The second kappa shape index (κ2) is 10.1. The van der Waals surface area contributed by atoms with Gasteiger partial charge in [0.2, 0.25) is 5.91 Å². The third-order valence-corrected chi connectivity index (χ3v) is 5.72. The summed E-state index contributed by atoms with van der Waals surface area (Å²) in [6, 6.07) is 11.3. The van der Waals surface area contributed by atoms with Crippen molar-refractivity contribution < 1.29 is 23.9 Å². The molecule has 1 heterocycles. The molecule has 0 radical (unpaired) electrons. The summed E-state index contributed by atoms with van der Waals surface area (Å²) in [5.41, 5.74) is 3.12. The van der Waals surface area contributed by atoms with Crippen LogP contribution in [0, 0.1) is 5.92 Å². The molecule has 8 nitrogen and oxygen atoms in total. The van der Waals surface area contributed by atoms with E-state index in [1.54, 1.807) is 42.5 Å². The highest BCUT2D eigenvalue weighted by Gasteiger charge is 2.36. The number of rotatable bonds is 6. The molecule has 2 N–H and O–H groups in total. The number of halogens is 3. The fraction of sp³-hybridized carbons (Fsp3) is 0.200. The molecule has 1 atom stereocenters. The Morgan fingerprint density at radius 1 is 1.13 bits per heavy atom. The predicted octanol–water partition coefficient (Wildman–Crippen LogP) is 3.43. The smallest absolute Gasteiger partial charge is 0.311 e. The van der Waals surface area contributed by atoms with Gasteiger partial charge in [-0.05, 0) is 36.4 Å². The predicted molar refractivity (Wildman–Crippen MR) is 117 cm³/mol. The number of anilines is 1. The zero-order valence-corrected chi connectivity index (χ0v) is 19.0. The van der Waals surface area contributed by atoms with Crippen LogP contribution in [0.3, 0.4) is 0 Å². The number of carbonyl (C=O) groups is 4. The van der Waals surface area contributed by atoms with Gasteiger partial charge in [0.15, 0.2) is 6.61 Å². The lowest BCUT2D eigenvalue weighted by atomic mass is 10.1. The summed E-state index contributed by atoms with van der Waals surface area (Å²) < 4.78 is 5.82. The first kappa shape index (κ1) is 23.1. The van der Waals surface area contributed by atoms with Gasteiger partial charge >= 0.3 is 5.97 Å². The number of hydrazine groups is 1. The average Bonchev–Trinajstić information content (AvgIpc) is 3.10. The molecule has 1 saturated heterocycles. The van der Waals surface area contributed by atoms with E-state index in [0.717, 1.165) is 9.48 Å². The van der Waals surface area contributed by atoms with Crippen LogP contribution in [0.5, 0.6) is 0 Å². The Balaban J connectivity index is 1.49. The van der Waals surface area contributed by atoms with Crippen molar-refractivity contribution in [3.05, 3.63) is 62.5 Å². The van der Waals surface area contributed by atoms with Gasteiger partial charge in [0.25, 0.3) is 11.8 Å². The first-order valence-electron chi connectivity index (χ1n) is 9.02. The molecule has 1 aliphatic rings. The molecule has 2 aromatic carbocycles. The summed E-state index contributed by atoms with van der Waals surface area (Å²) in [6.45, 7) is -0.612. The highest BCUT2D eigenvalue weighted by Crippen LogP contribution is 2.29. The van der Waals surface area contributed by atoms with Crippen LogP contribution in [0.25, 0.3) is 0 Å². The van der Waals surface area contributed by atoms with Gasteiger partial charge in [0.1, 0.15) is 0 Å². The lowest BCUT2D eigenvalue weighted by molar-refractivity contribution is -0.151. The molecule has 0 saturated carbocycles. The standard InChI is InChI=1S/C20H16BrCl2N3O5/c21-13-6-4-11(5-7-13)19(29)25-26-9-12(8-17(26)28)20(30)31-10-16(27)24-15-3-1-2-14(22)18(15)23/h1-7,12H,8-10H2,(H,24,27)(H,25,29)/t12-/m1/s1. The summed E-state index contributed by atoms with van der Waals surface area (Å²) in [4.78, 5) is 48.7. The van der Waals surface area contributed by atoms with Crippen molar-refractivity contribution in [2.75, 3.05) is 18.5 Å². The van der Waals surface area contributed by atoms with Crippen molar-refractivity contribution >= 4 is 68.5 Å². The molecule has 0 spiro atoms. The topological polar surface area (TPSA) is 105 Å². The van der Waals surface area contributed by atoms with Gasteiger partial charge in [-0.3, -0.25) is 29.6 Å². The molecule has 0 aliphatic carbocycles. The Morgan fingerprint density at radius 3 is 2.55 bits per heavy atom. The molecule has 3 rings (SSSR count). The number of carbonyl (C=O) groups excluding carboxylic acids is 4. The second-order valence-electron chi connectivity index (χ2n) is 6.61. The highest BCUT2D eigenvalue weighted by atomic mass is 79.9. The van der Waals surface area contributed by atoms with Crippen molar-refractivity contribution in [2.24, 2.45) is 5.92 Å². The van der Waals surface area contributed by atoms with Gasteiger partial charge in [-0.25, -0.2) is 0 Å². The van der Waals surface area contributed by atoms with E-state index in [1.807, 2.05) is 0 Å². The third kappa shape index (κ3) is 5.96. The molecule has 3 amide bonds. The van der Waals surface area contributed by atoms with E-state index in [-0.39, 0.29) is 28.7 Å². The Bertz CT molecular complexity index is 1030. The van der Waals surface area contributed by atoms with E-state index in [0.29, 0.717) is 5.56 Å². The van der Waals surface area contributed by atoms with Crippen LogP contribution in [-0.4, -0.2) is 41.9 Å². The number of esters is 1. The number of ether oxygens (including phenoxy) is 1. The Labute approximate surface area is 195 Å². The largest absolute Gasteiger partial charge is 0.455 e. The van der Waals surface area contributed by atoms with Crippen LogP contribution >= 0.6 is 39.1 Å². The molecule has 2 aromatic rings. The SMILES string of the molecule is O=C(COC(=O)[C@@H]1CC(=O)N(NC(=O)c2ccc(Br)cc2)C1)Nc1cccc(Cl)c1Cl. The van der Waals surface area contributed by atoms with Crippen LogP contribution in [0.2, 0.25) is 10.0 Å². The number of hydrogen-bond donors (Lipinski definition) is 2. The molecule has 0 aromatic heterocycles. The van der Waals surface area contributed by atoms with Crippen molar-refractivity contribution in [3.63, 3.8) is 0 Å². The molecule has 31 heavy (non-hydrogen) atoms. The molecule has 162 valence electrons. The zero-order valence-electron chi connectivity index (χ0n) is 15.9. The van der Waals surface area contributed by atoms with Crippen molar-refractivity contribution in [3.8, 4) is 0 Å². The van der Waals surface area contributed by atoms with Crippen LogP contribution in [0.1, 0.15) is 16.8 Å². The monoisotopic (exact) mass is 527 g/mol. The van der Waals surface area contributed by atoms with Gasteiger partial charge in [-0.2, -0.15) is 0 Å². The first-order valence-corrected chi connectivity index (χ1v) is 10.6. The summed E-state index contributed by atoms with van der Waals surface area (Å²) in [5.74, 6) is -3.04. The molecule has 1 aliphatic heterocycles. The number of nitrogens with one attached hydrogen (secondary N) is 2. The summed E-state index contributed by atoms with van der Waals surface area (Å²) in [5, 5.41) is 4.00. The zero-order chi connectivity index (χ0) is 22.5. The molecule has 1 fully saturated rings. The van der Waals surface area contributed by atoms with Crippen LogP contribution in [-0.2, 0) is 19.1 Å². The minimum atomic E-state index is -0.805. The average molecular weight is 529 g/mol. The Kier molecular flexibility index (Phi) is 7.53. The maximum Gasteiger partial charge on any atom is 0.311 e. The third-order valence-electron chi connectivity index (χ3n) is 4.37. The van der Waals surface area contributed by atoms with Gasteiger partial charge in [0.05, 0.1) is 28.2 Å². The number of amides is 3. The summed E-state index contributed by atoms with van der Waals surface area (Å²) in [7, 11) is 0. The normalized spacial score (nSPS) is 15.5. The minimum Gasteiger partial charge on any atom is -0.455 e.